The lowest BCUT2D eigenvalue weighted by molar-refractivity contribution is -0.124. The number of imide groups is 1. The highest BCUT2D eigenvalue weighted by atomic mass is 19.3. The molecule has 3 aromatic heterocycles. The first kappa shape index (κ1) is 43.1. The van der Waals surface area contributed by atoms with E-state index in [1.54, 1.807) is 30.6 Å². The first-order chi connectivity index (χ1) is 31.6. The monoisotopic (exact) mass is 887 g/mol. The smallest absolute Gasteiger partial charge is 0.264 e. The predicted molar refractivity (Wildman–Crippen MR) is 240 cm³/mol. The van der Waals surface area contributed by atoms with Crippen LogP contribution in [0.2, 0.25) is 0 Å². The fourth-order valence-electron chi connectivity index (χ4n) is 11.0. The van der Waals surface area contributed by atoms with Gasteiger partial charge in [-0.1, -0.05) is 6.07 Å². The summed E-state index contributed by atoms with van der Waals surface area (Å²) >= 11 is 0. The highest BCUT2D eigenvalue weighted by Crippen LogP contribution is 2.46. The number of hydrogen-bond acceptors (Lipinski definition) is 10. The SMILES string of the molecule is CNC(=O)C(CCC=O)N1C(=O)c2ccc(CN3CCC(n4cc(-c5cc6c(cc5C(F)F)N(c5nn(C7CCOCC7)c7c5CN(C)CC7)CCC6)c5cnccc54)CC3)cc2C1=O. The molecule has 5 aliphatic heterocycles. The molecule has 16 heteroatoms. The topological polar surface area (TPSA) is 138 Å². The summed E-state index contributed by atoms with van der Waals surface area (Å²) in [6, 6.07) is 10.3. The highest BCUT2D eigenvalue weighted by Gasteiger charge is 2.43. The fourth-order valence-corrected chi connectivity index (χ4v) is 11.0. The maximum atomic E-state index is 15.5. The number of aromatic nitrogens is 4. The van der Waals surface area contributed by atoms with Crippen LogP contribution in [0.3, 0.4) is 0 Å². The van der Waals surface area contributed by atoms with Crippen LogP contribution in [0.1, 0.15) is 112 Å². The van der Waals surface area contributed by atoms with Crippen LogP contribution >= 0.6 is 0 Å². The van der Waals surface area contributed by atoms with Crippen molar-refractivity contribution in [1.29, 1.82) is 0 Å². The van der Waals surface area contributed by atoms with Gasteiger partial charge in [0.05, 0.1) is 22.7 Å². The molecule has 0 radical (unpaired) electrons. The van der Waals surface area contributed by atoms with Gasteiger partial charge in [-0.05, 0) is 99.0 Å². The van der Waals surface area contributed by atoms with Crippen LogP contribution in [0, 0.1) is 0 Å². The molecule has 1 N–H and O–H groups in total. The third-order valence-electron chi connectivity index (χ3n) is 14.3. The second-order valence-electron chi connectivity index (χ2n) is 18.2. The Morgan fingerprint density at radius 3 is 2.51 bits per heavy atom. The van der Waals surface area contributed by atoms with Crippen molar-refractivity contribution in [2.75, 3.05) is 58.4 Å². The molecule has 2 saturated heterocycles. The fraction of sp³-hybridized carbons (Fsp3) is 0.469. The van der Waals surface area contributed by atoms with E-state index in [2.05, 4.69) is 47.5 Å². The number of nitrogens with zero attached hydrogens (tertiary/aromatic N) is 8. The molecule has 340 valence electrons. The van der Waals surface area contributed by atoms with Crippen LogP contribution in [0.15, 0.2) is 55.0 Å². The third kappa shape index (κ3) is 7.82. The number of benzene rings is 2. The number of likely N-dealkylation sites (N-methyl/N-ethyl adjacent to an activating group) is 2. The molecule has 2 fully saturated rings. The Kier molecular flexibility index (Phi) is 11.8. The van der Waals surface area contributed by atoms with E-state index >= 15 is 8.78 Å². The van der Waals surface area contributed by atoms with Gasteiger partial charge < -0.3 is 29.2 Å². The molecule has 14 nitrogen and oxygen atoms in total. The van der Waals surface area contributed by atoms with Crippen LogP contribution in [0.25, 0.3) is 22.0 Å². The van der Waals surface area contributed by atoms with E-state index in [-0.39, 0.29) is 41.6 Å². The highest BCUT2D eigenvalue weighted by molar-refractivity contribution is 6.23. The van der Waals surface area contributed by atoms with Gasteiger partial charge in [0.25, 0.3) is 18.2 Å². The molecule has 0 bridgehead atoms. The van der Waals surface area contributed by atoms with Gasteiger partial charge in [0.1, 0.15) is 12.3 Å². The molecule has 0 saturated carbocycles. The number of likely N-dealkylation sites (tertiary alicyclic amines) is 1. The first-order valence-corrected chi connectivity index (χ1v) is 23.1. The number of piperidine rings is 1. The number of halogens is 2. The van der Waals surface area contributed by atoms with Crippen LogP contribution in [-0.4, -0.2) is 118 Å². The van der Waals surface area contributed by atoms with Crippen molar-refractivity contribution < 1.29 is 32.7 Å². The molecule has 5 aliphatic rings. The van der Waals surface area contributed by atoms with Crippen molar-refractivity contribution in [3.05, 3.63) is 94.1 Å². The number of amides is 3. The van der Waals surface area contributed by atoms with Crippen molar-refractivity contribution >= 4 is 46.4 Å². The maximum Gasteiger partial charge on any atom is 0.264 e. The number of carbonyl (C=O) groups is 4. The van der Waals surface area contributed by atoms with E-state index < -0.39 is 30.2 Å². The van der Waals surface area contributed by atoms with Gasteiger partial charge in [-0.3, -0.25) is 33.8 Å². The Morgan fingerprint density at radius 2 is 1.74 bits per heavy atom. The molecule has 2 aromatic carbocycles. The van der Waals surface area contributed by atoms with Gasteiger partial charge in [0.2, 0.25) is 5.91 Å². The van der Waals surface area contributed by atoms with E-state index in [0.29, 0.717) is 38.2 Å². The number of anilines is 2. The zero-order valence-corrected chi connectivity index (χ0v) is 37.0. The second-order valence-corrected chi connectivity index (χ2v) is 18.2. The molecule has 10 rings (SSSR count). The predicted octanol–water partition coefficient (Wildman–Crippen LogP) is 6.79. The quantitative estimate of drug-likeness (QED) is 0.105. The van der Waals surface area contributed by atoms with Gasteiger partial charge in [0, 0.05) is 130 Å². The van der Waals surface area contributed by atoms with E-state index in [4.69, 9.17) is 9.84 Å². The van der Waals surface area contributed by atoms with Crippen LogP contribution in [-0.2, 0) is 40.3 Å². The lowest BCUT2D eigenvalue weighted by Gasteiger charge is -2.33. The van der Waals surface area contributed by atoms with Crippen LogP contribution in [0.5, 0.6) is 0 Å². The zero-order valence-electron chi connectivity index (χ0n) is 37.0. The minimum Gasteiger partial charge on any atom is -0.381 e. The summed E-state index contributed by atoms with van der Waals surface area (Å²) in [4.78, 5) is 63.0. The molecular formula is C49H55F2N9O5. The molecule has 1 unspecified atom stereocenters. The summed E-state index contributed by atoms with van der Waals surface area (Å²) in [5.74, 6) is -0.678. The third-order valence-corrected chi connectivity index (χ3v) is 14.3. The number of nitrogens with one attached hydrogen (secondary N) is 1. The van der Waals surface area contributed by atoms with E-state index in [1.165, 1.54) is 18.3 Å². The summed E-state index contributed by atoms with van der Waals surface area (Å²) in [6.45, 7) is 5.94. The molecule has 5 aromatic rings. The van der Waals surface area contributed by atoms with Crippen LogP contribution < -0.4 is 10.2 Å². The number of fused-ring (bicyclic) bond motifs is 4. The Bertz CT molecular complexity index is 2660. The number of alkyl halides is 2. The van der Waals surface area contributed by atoms with Crippen LogP contribution in [0.4, 0.5) is 20.3 Å². The van der Waals surface area contributed by atoms with E-state index in [1.807, 2.05) is 18.2 Å². The number of carbonyl (C=O) groups excluding carboxylic acids is 4. The van der Waals surface area contributed by atoms with Crippen molar-refractivity contribution in [1.82, 2.24) is 39.3 Å². The number of rotatable bonds is 12. The van der Waals surface area contributed by atoms with Gasteiger partial charge in [0.15, 0.2) is 5.82 Å². The molecule has 1 atom stereocenters. The average Bonchev–Trinajstić information content (AvgIpc) is 3.98. The standard InChI is InChI=1S/C49H55F2N9O5/c1-52-47(62)43(6-4-20-61)59-48(63)34-8-7-30(23-37(34)49(59)64)27-56-18-10-32(11-19-56)58-29-39(38-26-53-15-9-41(38)58)35-24-31-5-3-16-57(44(31)25-36(35)45(50)51)46-40-28-55(2)17-12-42(40)60(54-46)33-13-21-65-22-14-33/h7-9,15,20,23-26,29,32-33,43,45H,3-6,10-14,16-19,21-22,27-28H2,1-2H3,(H,52,62). The Labute approximate surface area is 376 Å². The van der Waals surface area contributed by atoms with Crippen molar-refractivity contribution in [3.63, 3.8) is 0 Å². The first-order valence-electron chi connectivity index (χ1n) is 23.1. The summed E-state index contributed by atoms with van der Waals surface area (Å²) in [6.07, 6.45) is 9.70. The van der Waals surface area contributed by atoms with Crippen molar-refractivity contribution in [2.45, 2.75) is 95.4 Å². The molecule has 8 heterocycles. The summed E-state index contributed by atoms with van der Waals surface area (Å²) in [7, 11) is 3.57. The van der Waals surface area contributed by atoms with Crippen molar-refractivity contribution in [3.8, 4) is 11.1 Å². The Balaban J connectivity index is 0.900. The summed E-state index contributed by atoms with van der Waals surface area (Å²) < 4.78 is 41.1. The molecule has 3 amide bonds. The summed E-state index contributed by atoms with van der Waals surface area (Å²) in [5.41, 5.74) is 7.96. The van der Waals surface area contributed by atoms with Crippen molar-refractivity contribution in [2.24, 2.45) is 0 Å². The number of aldehydes is 1. The second kappa shape index (κ2) is 17.9. The lowest BCUT2D eigenvalue weighted by atomic mass is 9.91. The number of hydrogen-bond donors (Lipinski definition) is 1. The molecule has 65 heavy (non-hydrogen) atoms. The number of ether oxygens (including phenoxy) is 1. The molecule has 0 aliphatic carbocycles. The Hall–Kier alpha value is -5.84. The lowest BCUT2D eigenvalue weighted by Crippen LogP contribution is -2.48. The van der Waals surface area contributed by atoms with Gasteiger partial charge in [-0.15, -0.1) is 0 Å². The minimum atomic E-state index is -2.70. The normalized spacial score (nSPS) is 19.2. The Morgan fingerprint density at radius 1 is 0.938 bits per heavy atom. The van der Waals surface area contributed by atoms with Gasteiger partial charge >= 0.3 is 0 Å². The summed E-state index contributed by atoms with van der Waals surface area (Å²) in [5, 5.41) is 8.66. The zero-order chi connectivity index (χ0) is 44.9. The maximum absolute atomic E-state index is 15.5. The number of pyridine rings is 1. The van der Waals surface area contributed by atoms with Gasteiger partial charge in [-0.25, -0.2) is 8.78 Å². The minimum absolute atomic E-state index is 0.00554. The number of aryl methyl sites for hydroxylation is 1. The molecule has 0 spiro atoms. The molecular weight excluding hydrogens is 833 g/mol. The van der Waals surface area contributed by atoms with E-state index in [0.717, 1.165) is 115 Å². The average molecular weight is 888 g/mol. The van der Waals surface area contributed by atoms with E-state index in [9.17, 15) is 19.2 Å². The largest absolute Gasteiger partial charge is 0.381 e. The van der Waals surface area contributed by atoms with Gasteiger partial charge in [-0.2, -0.15) is 5.10 Å².